The summed E-state index contributed by atoms with van der Waals surface area (Å²) in [4.78, 5) is 40.4. The van der Waals surface area contributed by atoms with E-state index in [0.29, 0.717) is 13.1 Å². The summed E-state index contributed by atoms with van der Waals surface area (Å²) >= 11 is 0. The number of ketones is 1. The topological polar surface area (TPSA) is 76.6 Å². The van der Waals surface area contributed by atoms with Gasteiger partial charge in [0.1, 0.15) is 12.2 Å². The summed E-state index contributed by atoms with van der Waals surface area (Å²) in [5, 5.41) is 0. The van der Waals surface area contributed by atoms with Crippen molar-refractivity contribution < 1.29 is 19.1 Å². The standard InChI is InChI=1S/C14H16N2O4/c1-20-14(19)7-12(17)11-6-13(18)16(9-11)8-10-2-4-15-5-3-10/h2-5,11H,6-9H2,1H3. The second kappa shape index (κ2) is 6.27. The van der Waals surface area contributed by atoms with Crippen molar-refractivity contribution in [3.05, 3.63) is 30.1 Å². The van der Waals surface area contributed by atoms with Crippen LogP contribution in [0.3, 0.4) is 0 Å². The van der Waals surface area contributed by atoms with Crippen LogP contribution in [0.2, 0.25) is 0 Å². The Bertz CT molecular complexity index is 515. The summed E-state index contributed by atoms with van der Waals surface area (Å²) in [5.74, 6) is -1.27. The Morgan fingerprint density at radius 1 is 1.40 bits per heavy atom. The van der Waals surface area contributed by atoms with Crippen LogP contribution in [0.5, 0.6) is 0 Å². The molecule has 1 saturated heterocycles. The molecule has 0 bridgehead atoms. The first-order valence-corrected chi connectivity index (χ1v) is 6.36. The molecule has 0 aromatic carbocycles. The Balaban J connectivity index is 1.93. The summed E-state index contributed by atoms with van der Waals surface area (Å²) in [5.41, 5.74) is 0.967. The maximum Gasteiger partial charge on any atom is 0.313 e. The highest BCUT2D eigenvalue weighted by Crippen LogP contribution is 2.22. The molecular formula is C14H16N2O4. The molecule has 20 heavy (non-hydrogen) atoms. The molecule has 1 aromatic rings. The quantitative estimate of drug-likeness (QED) is 0.580. The van der Waals surface area contributed by atoms with Crippen LogP contribution in [-0.2, 0) is 25.7 Å². The Labute approximate surface area is 116 Å². The molecule has 2 heterocycles. The van der Waals surface area contributed by atoms with Crippen LogP contribution in [0, 0.1) is 5.92 Å². The van der Waals surface area contributed by atoms with Crippen LogP contribution in [0.1, 0.15) is 18.4 Å². The van der Waals surface area contributed by atoms with E-state index in [0.717, 1.165) is 5.56 Å². The number of pyridine rings is 1. The molecule has 0 N–H and O–H groups in total. The van der Waals surface area contributed by atoms with Crippen LogP contribution >= 0.6 is 0 Å². The van der Waals surface area contributed by atoms with Crippen molar-refractivity contribution in [2.24, 2.45) is 5.92 Å². The Morgan fingerprint density at radius 2 is 2.10 bits per heavy atom. The summed E-state index contributed by atoms with van der Waals surface area (Å²) in [6, 6.07) is 3.66. The zero-order chi connectivity index (χ0) is 14.5. The predicted molar refractivity (Wildman–Crippen MR) is 69.4 cm³/mol. The number of esters is 1. The average molecular weight is 276 g/mol. The number of carbonyl (C=O) groups is 3. The van der Waals surface area contributed by atoms with Gasteiger partial charge in [0, 0.05) is 37.8 Å². The van der Waals surface area contributed by atoms with Gasteiger partial charge in [-0.15, -0.1) is 0 Å². The van der Waals surface area contributed by atoms with Gasteiger partial charge in [-0.2, -0.15) is 0 Å². The molecule has 2 rings (SSSR count). The number of rotatable bonds is 5. The minimum Gasteiger partial charge on any atom is -0.469 e. The van der Waals surface area contributed by atoms with E-state index < -0.39 is 11.9 Å². The van der Waals surface area contributed by atoms with Crippen molar-refractivity contribution in [2.45, 2.75) is 19.4 Å². The van der Waals surface area contributed by atoms with Gasteiger partial charge in [0.25, 0.3) is 0 Å². The zero-order valence-electron chi connectivity index (χ0n) is 11.2. The van der Waals surface area contributed by atoms with Crippen LogP contribution in [0.15, 0.2) is 24.5 Å². The third-order valence-corrected chi connectivity index (χ3v) is 3.34. The van der Waals surface area contributed by atoms with Crippen molar-refractivity contribution in [3.63, 3.8) is 0 Å². The summed E-state index contributed by atoms with van der Waals surface area (Å²) in [7, 11) is 1.24. The van der Waals surface area contributed by atoms with Crippen LogP contribution in [0.25, 0.3) is 0 Å². The molecule has 1 atom stereocenters. The number of ether oxygens (including phenoxy) is 1. The van der Waals surface area contributed by atoms with E-state index in [9.17, 15) is 14.4 Å². The van der Waals surface area contributed by atoms with E-state index in [1.807, 2.05) is 12.1 Å². The monoisotopic (exact) mass is 276 g/mol. The van der Waals surface area contributed by atoms with Gasteiger partial charge < -0.3 is 9.64 Å². The highest BCUT2D eigenvalue weighted by Gasteiger charge is 2.34. The first-order valence-electron chi connectivity index (χ1n) is 6.36. The first kappa shape index (κ1) is 14.2. The number of methoxy groups -OCH3 is 1. The molecule has 106 valence electrons. The highest BCUT2D eigenvalue weighted by molar-refractivity contribution is 5.99. The Hall–Kier alpha value is -2.24. The number of carbonyl (C=O) groups excluding carboxylic acids is 3. The van der Waals surface area contributed by atoms with Gasteiger partial charge in [-0.05, 0) is 17.7 Å². The maximum atomic E-state index is 11.9. The fourth-order valence-electron chi connectivity index (χ4n) is 2.21. The van der Waals surface area contributed by atoms with Gasteiger partial charge in [-0.3, -0.25) is 19.4 Å². The van der Waals surface area contributed by atoms with Gasteiger partial charge in [0.2, 0.25) is 5.91 Å². The highest BCUT2D eigenvalue weighted by atomic mass is 16.5. The number of Topliss-reactive ketones (excluding diaryl/α,β-unsaturated/α-hetero) is 1. The van der Waals surface area contributed by atoms with E-state index >= 15 is 0 Å². The van der Waals surface area contributed by atoms with Crippen LogP contribution in [0.4, 0.5) is 0 Å². The summed E-state index contributed by atoms with van der Waals surface area (Å²) in [6.45, 7) is 0.820. The molecule has 6 heteroatoms. The van der Waals surface area contributed by atoms with E-state index in [-0.39, 0.29) is 24.5 Å². The van der Waals surface area contributed by atoms with E-state index in [1.54, 1.807) is 17.3 Å². The summed E-state index contributed by atoms with van der Waals surface area (Å²) in [6.07, 6.45) is 3.23. The molecule has 1 amide bonds. The lowest BCUT2D eigenvalue weighted by Gasteiger charge is -2.16. The number of amides is 1. The molecule has 1 unspecified atom stereocenters. The zero-order valence-corrected chi connectivity index (χ0v) is 11.2. The molecule has 1 aliphatic rings. The fraction of sp³-hybridized carbons (Fsp3) is 0.429. The molecule has 6 nitrogen and oxygen atoms in total. The lowest BCUT2D eigenvalue weighted by Crippen LogP contribution is -2.26. The third kappa shape index (κ3) is 3.40. The van der Waals surface area contributed by atoms with Gasteiger partial charge in [0.05, 0.1) is 7.11 Å². The average Bonchev–Trinajstić information content (AvgIpc) is 2.81. The van der Waals surface area contributed by atoms with E-state index in [2.05, 4.69) is 9.72 Å². The maximum absolute atomic E-state index is 11.9. The molecule has 0 aliphatic carbocycles. The lowest BCUT2D eigenvalue weighted by atomic mass is 10.0. The minimum atomic E-state index is -0.560. The fourth-order valence-corrected chi connectivity index (χ4v) is 2.21. The Kier molecular flexibility index (Phi) is 4.45. The molecule has 1 fully saturated rings. The third-order valence-electron chi connectivity index (χ3n) is 3.34. The van der Waals surface area contributed by atoms with E-state index in [1.165, 1.54) is 7.11 Å². The van der Waals surface area contributed by atoms with Crippen molar-refractivity contribution in [1.29, 1.82) is 0 Å². The summed E-state index contributed by atoms with van der Waals surface area (Å²) < 4.78 is 4.46. The van der Waals surface area contributed by atoms with Crippen molar-refractivity contribution in [3.8, 4) is 0 Å². The smallest absolute Gasteiger partial charge is 0.313 e. The largest absolute Gasteiger partial charge is 0.469 e. The van der Waals surface area contributed by atoms with Crippen molar-refractivity contribution in [1.82, 2.24) is 9.88 Å². The van der Waals surface area contributed by atoms with Gasteiger partial charge >= 0.3 is 5.97 Å². The van der Waals surface area contributed by atoms with Crippen molar-refractivity contribution in [2.75, 3.05) is 13.7 Å². The molecule has 0 saturated carbocycles. The number of nitrogens with zero attached hydrogens (tertiary/aromatic N) is 2. The number of hydrogen-bond acceptors (Lipinski definition) is 5. The van der Waals surface area contributed by atoms with Crippen LogP contribution < -0.4 is 0 Å². The molecule has 1 aliphatic heterocycles. The number of likely N-dealkylation sites (tertiary alicyclic amines) is 1. The van der Waals surface area contributed by atoms with Gasteiger partial charge in [-0.1, -0.05) is 0 Å². The van der Waals surface area contributed by atoms with Crippen LogP contribution in [-0.4, -0.2) is 41.2 Å². The SMILES string of the molecule is COC(=O)CC(=O)C1CC(=O)N(Cc2ccncc2)C1. The normalized spacial score (nSPS) is 18.1. The second-order valence-corrected chi connectivity index (χ2v) is 4.75. The molecular weight excluding hydrogens is 260 g/mol. The lowest BCUT2D eigenvalue weighted by molar-refractivity contribution is -0.144. The van der Waals surface area contributed by atoms with Crippen molar-refractivity contribution >= 4 is 17.7 Å². The predicted octanol–water partition coefficient (Wildman–Crippen LogP) is 0.562. The number of hydrogen-bond donors (Lipinski definition) is 0. The van der Waals surface area contributed by atoms with Gasteiger partial charge in [0.15, 0.2) is 0 Å². The van der Waals surface area contributed by atoms with Gasteiger partial charge in [-0.25, -0.2) is 0 Å². The molecule has 0 spiro atoms. The Morgan fingerprint density at radius 3 is 2.75 bits per heavy atom. The molecule has 1 aromatic heterocycles. The van der Waals surface area contributed by atoms with E-state index in [4.69, 9.17) is 0 Å². The number of aromatic nitrogens is 1. The minimum absolute atomic E-state index is 0.0648. The first-order chi connectivity index (χ1) is 9.60. The molecule has 0 radical (unpaired) electrons. The second-order valence-electron chi connectivity index (χ2n) is 4.75.